The molecule has 0 saturated carbocycles. The Hall–Kier alpha value is -1.80. The molecule has 1 heterocycles. The summed E-state index contributed by atoms with van der Waals surface area (Å²) in [5.41, 5.74) is 0.393. The van der Waals surface area contributed by atoms with Crippen LogP contribution in [0.25, 0.3) is 0 Å². The van der Waals surface area contributed by atoms with Gasteiger partial charge in [0, 0.05) is 13.1 Å². The average molecular weight is 429 g/mol. The number of nitrogens with zero attached hydrogens (tertiary/aromatic N) is 1. The maximum atomic E-state index is 12.5. The molecule has 0 radical (unpaired) electrons. The smallest absolute Gasteiger partial charge is 0.262 e. The second-order valence-electron chi connectivity index (χ2n) is 6.02. The summed E-state index contributed by atoms with van der Waals surface area (Å²) >= 11 is 11.9. The molecule has 0 atom stereocenters. The number of carbonyl (C=O) groups is 1. The summed E-state index contributed by atoms with van der Waals surface area (Å²) in [4.78, 5) is 12.2. The van der Waals surface area contributed by atoms with Gasteiger partial charge in [0.05, 0.1) is 20.6 Å². The minimum absolute atomic E-state index is 0.215. The number of sulfonamides is 1. The van der Waals surface area contributed by atoms with Gasteiger partial charge in [-0.2, -0.15) is 4.31 Å². The third-order valence-electron chi connectivity index (χ3n) is 4.12. The number of rotatable bonds is 6. The van der Waals surface area contributed by atoms with Gasteiger partial charge < -0.3 is 10.1 Å². The Kier molecular flexibility index (Phi) is 6.26. The normalized spacial score (nSPS) is 14.9. The Morgan fingerprint density at radius 3 is 2.41 bits per heavy atom. The lowest BCUT2D eigenvalue weighted by molar-refractivity contribution is -0.118. The average Bonchev–Trinajstić information content (AvgIpc) is 3.20. The van der Waals surface area contributed by atoms with E-state index in [0.717, 1.165) is 12.8 Å². The van der Waals surface area contributed by atoms with Crippen LogP contribution < -0.4 is 10.1 Å². The largest absolute Gasteiger partial charge is 0.484 e. The first-order valence-corrected chi connectivity index (χ1v) is 10.5. The van der Waals surface area contributed by atoms with E-state index in [1.54, 1.807) is 18.2 Å². The fourth-order valence-electron chi connectivity index (χ4n) is 2.72. The summed E-state index contributed by atoms with van der Waals surface area (Å²) < 4.78 is 31.8. The Morgan fingerprint density at radius 2 is 1.74 bits per heavy atom. The zero-order valence-corrected chi connectivity index (χ0v) is 16.6. The van der Waals surface area contributed by atoms with Crippen LogP contribution in [0.15, 0.2) is 47.4 Å². The van der Waals surface area contributed by atoms with Gasteiger partial charge in [0.2, 0.25) is 10.0 Å². The number of carbonyl (C=O) groups excluding carboxylic acids is 1. The van der Waals surface area contributed by atoms with Crippen LogP contribution in [0, 0.1) is 0 Å². The number of hydrogen-bond donors (Lipinski definition) is 1. The Labute approximate surface area is 168 Å². The van der Waals surface area contributed by atoms with Crippen molar-refractivity contribution in [3.05, 3.63) is 52.5 Å². The highest BCUT2D eigenvalue weighted by Crippen LogP contribution is 2.29. The molecule has 1 saturated heterocycles. The molecule has 1 amide bonds. The number of anilines is 1. The van der Waals surface area contributed by atoms with Crippen LogP contribution in [0.4, 0.5) is 5.69 Å². The maximum absolute atomic E-state index is 12.5. The van der Waals surface area contributed by atoms with Gasteiger partial charge in [-0.25, -0.2) is 8.42 Å². The minimum atomic E-state index is -3.46. The predicted molar refractivity (Wildman–Crippen MR) is 105 cm³/mol. The molecule has 0 unspecified atom stereocenters. The molecule has 27 heavy (non-hydrogen) atoms. The van der Waals surface area contributed by atoms with Crippen LogP contribution in [0.2, 0.25) is 10.0 Å². The Bertz CT molecular complexity index is 927. The molecule has 1 aliphatic heterocycles. The van der Waals surface area contributed by atoms with E-state index in [4.69, 9.17) is 27.9 Å². The zero-order valence-electron chi connectivity index (χ0n) is 14.3. The summed E-state index contributed by atoms with van der Waals surface area (Å²) in [5.74, 6) is -0.0179. The van der Waals surface area contributed by atoms with Crippen molar-refractivity contribution >= 4 is 44.8 Å². The van der Waals surface area contributed by atoms with Gasteiger partial charge in [-0.05, 0) is 49.2 Å². The lowest BCUT2D eigenvalue weighted by Gasteiger charge is -2.15. The molecule has 1 aliphatic rings. The van der Waals surface area contributed by atoms with Gasteiger partial charge >= 0.3 is 0 Å². The second kappa shape index (κ2) is 8.48. The third kappa shape index (κ3) is 4.73. The van der Waals surface area contributed by atoms with E-state index in [1.165, 1.54) is 28.6 Å². The molecule has 9 heteroatoms. The predicted octanol–water partition coefficient (Wildman–Crippen LogP) is 3.80. The fourth-order valence-corrected chi connectivity index (χ4v) is 4.59. The summed E-state index contributed by atoms with van der Waals surface area (Å²) in [6, 6.07) is 10.9. The monoisotopic (exact) mass is 428 g/mol. The molecule has 144 valence electrons. The fraction of sp³-hybridized carbons (Fsp3) is 0.278. The molecule has 0 bridgehead atoms. The quantitative estimate of drug-likeness (QED) is 0.758. The highest BCUT2D eigenvalue weighted by Gasteiger charge is 2.26. The summed E-state index contributed by atoms with van der Waals surface area (Å²) in [7, 11) is -3.46. The van der Waals surface area contributed by atoms with Crippen molar-refractivity contribution in [3.63, 3.8) is 0 Å². The molecule has 2 aromatic carbocycles. The van der Waals surface area contributed by atoms with Gasteiger partial charge in [0.25, 0.3) is 5.91 Å². The molecular weight excluding hydrogens is 411 g/mol. The number of ether oxygens (including phenoxy) is 1. The second-order valence-corrected chi connectivity index (χ2v) is 8.74. The number of nitrogens with one attached hydrogen (secondary N) is 1. The molecule has 0 spiro atoms. The topological polar surface area (TPSA) is 75.7 Å². The molecular formula is C18H18Cl2N2O4S. The van der Waals surface area contributed by atoms with Crippen LogP contribution in [-0.4, -0.2) is 38.3 Å². The maximum Gasteiger partial charge on any atom is 0.262 e. The summed E-state index contributed by atoms with van der Waals surface area (Å²) in [5, 5.41) is 3.20. The van der Waals surface area contributed by atoms with Gasteiger partial charge in [-0.3, -0.25) is 4.79 Å². The Balaban J connectivity index is 1.58. The molecule has 2 aromatic rings. The van der Waals surface area contributed by atoms with Crippen LogP contribution in [0.5, 0.6) is 5.75 Å². The molecule has 1 fully saturated rings. The van der Waals surface area contributed by atoms with Crippen molar-refractivity contribution in [2.75, 3.05) is 25.0 Å². The van der Waals surface area contributed by atoms with Crippen molar-refractivity contribution < 1.29 is 17.9 Å². The van der Waals surface area contributed by atoms with Crippen molar-refractivity contribution in [1.29, 1.82) is 0 Å². The zero-order chi connectivity index (χ0) is 19.4. The van der Waals surface area contributed by atoms with Gasteiger partial charge in [-0.15, -0.1) is 0 Å². The van der Waals surface area contributed by atoms with Crippen LogP contribution in [0.3, 0.4) is 0 Å². The molecule has 6 nitrogen and oxygen atoms in total. The first-order chi connectivity index (χ1) is 12.9. The van der Waals surface area contributed by atoms with Crippen molar-refractivity contribution in [2.45, 2.75) is 17.7 Å². The van der Waals surface area contributed by atoms with Crippen molar-refractivity contribution in [1.82, 2.24) is 4.31 Å². The summed E-state index contributed by atoms with van der Waals surface area (Å²) in [6.45, 7) is 0.848. The van der Waals surface area contributed by atoms with Gasteiger partial charge in [0.1, 0.15) is 5.75 Å². The van der Waals surface area contributed by atoms with Gasteiger partial charge in [0.15, 0.2) is 6.61 Å². The van der Waals surface area contributed by atoms with Crippen LogP contribution >= 0.6 is 23.2 Å². The third-order valence-corrected chi connectivity index (χ3v) is 6.85. The van der Waals surface area contributed by atoms with Crippen molar-refractivity contribution in [2.24, 2.45) is 0 Å². The van der Waals surface area contributed by atoms with E-state index in [2.05, 4.69) is 5.32 Å². The number of benzene rings is 2. The standard InChI is InChI=1S/C18H18Cl2N2O4S/c19-15-4-3-5-16(18(15)20)21-17(23)12-26-13-6-8-14(9-7-13)27(24,25)22-10-1-2-11-22/h3-9H,1-2,10-12H2,(H,21,23). The number of hydrogen-bond acceptors (Lipinski definition) is 4. The van der Waals surface area contributed by atoms with E-state index in [0.29, 0.717) is 29.5 Å². The first kappa shape index (κ1) is 19.9. The van der Waals surface area contributed by atoms with E-state index >= 15 is 0 Å². The van der Waals surface area contributed by atoms with Crippen LogP contribution in [0.1, 0.15) is 12.8 Å². The van der Waals surface area contributed by atoms with E-state index in [1.807, 2.05) is 0 Å². The minimum Gasteiger partial charge on any atom is -0.484 e. The van der Waals surface area contributed by atoms with Crippen molar-refractivity contribution in [3.8, 4) is 5.75 Å². The molecule has 0 aromatic heterocycles. The van der Waals surface area contributed by atoms with Crippen LogP contribution in [-0.2, 0) is 14.8 Å². The SMILES string of the molecule is O=C(COc1ccc(S(=O)(=O)N2CCCC2)cc1)Nc1cccc(Cl)c1Cl. The molecule has 3 rings (SSSR count). The van der Waals surface area contributed by atoms with E-state index < -0.39 is 15.9 Å². The highest BCUT2D eigenvalue weighted by molar-refractivity contribution is 7.89. The number of amides is 1. The lowest BCUT2D eigenvalue weighted by Crippen LogP contribution is -2.27. The highest BCUT2D eigenvalue weighted by atomic mass is 35.5. The van der Waals surface area contributed by atoms with Gasteiger partial charge in [-0.1, -0.05) is 29.3 Å². The first-order valence-electron chi connectivity index (χ1n) is 8.35. The number of halogens is 2. The lowest BCUT2D eigenvalue weighted by atomic mass is 10.3. The van der Waals surface area contributed by atoms with E-state index in [9.17, 15) is 13.2 Å². The Morgan fingerprint density at radius 1 is 1.07 bits per heavy atom. The van der Waals surface area contributed by atoms with E-state index in [-0.39, 0.29) is 16.5 Å². The molecule has 0 aliphatic carbocycles. The molecule has 1 N–H and O–H groups in total. The summed E-state index contributed by atoms with van der Waals surface area (Å²) in [6.07, 6.45) is 1.76.